The van der Waals surface area contributed by atoms with Crippen molar-refractivity contribution in [2.45, 2.75) is 0 Å². The minimum Gasteiger partial charge on any atom is -0.495 e. The lowest BCUT2D eigenvalue weighted by Gasteiger charge is -2.06. The van der Waals surface area contributed by atoms with E-state index in [9.17, 15) is 4.79 Å². The van der Waals surface area contributed by atoms with Crippen LogP contribution < -0.4 is 10.5 Å². The van der Waals surface area contributed by atoms with E-state index in [-0.39, 0.29) is 5.78 Å². The summed E-state index contributed by atoms with van der Waals surface area (Å²) in [6.07, 6.45) is 3.31. The summed E-state index contributed by atoms with van der Waals surface area (Å²) < 4.78 is 6.71. The Labute approximate surface area is 98.8 Å². The van der Waals surface area contributed by atoms with Gasteiger partial charge in [-0.2, -0.15) is 0 Å². The Morgan fingerprint density at radius 2 is 2.24 bits per heavy atom. The molecule has 0 aliphatic carbocycles. The maximum atomic E-state index is 12.1. The lowest BCUT2D eigenvalue weighted by Crippen LogP contribution is -2.09. The third-order valence-corrected chi connectivity index (χ3v) is 2.52. The summed E-state index contributed by atoms with van der Waals surface area (Å²) in [5.41, 5.74) is 6.69. The molecule has 0 bridgehead atoms. The summed E-state index contributed by atoms with van der Waals surface area (Å²) in [5.74, 6) is 0.780. The molecule has 2 rings (SSSR count). The van der Waals surface area contributed by atoms with Crippen molar-refractivity contribution < 1.29 is 9.53 Å². The predicted molar refractivity (Wildman–Crippen MR) is 64.0 cm³/mol. The van der Waals surface area contributed by atoms with E-state index >= 15 is 0 Å². The number of hydrogen-bond donors (Lipinski definition) is 1. The number of aryl methyl sites for hydroxylation is 1. The molecule has 1 aromatic carbocycles. The number of nitrogen functional groups attached to an aromatic ring is 1. The van der Waals surface area contributed by atoms with Gasteiger partial charge in [-0.3, -0.25) is 4.79 Å². The minimum atomic E-state index is -0.160. The van der Waals surface area contributed by atoms with E-state index in [0.29, 0.717) is 22.8 Å². The summed E-state index contributed by atoms with van der Waals surface area (Å²) in [5, 5.41) is 0. The van der Waals surface area contributed by atoms with Crippen molar-refractivity contribution in [1.29, 1.82) is 0 Å². The summed E-state index contributed by atoms with van der Waals surface area (Å²) in [7, 11) is 3.30. The summed E-state index contributed by atoms with van der Waals surface area (Å²) in [6.45, 7) is 0. The third kappa shape index (κ3) is 1.99. The van der Waals surface area contributed by atoms with Gasteiger partial charge in [0.25, 0.3) is 0 Å². The number of rotatable bonds is 3. The van der Waals surface area contributed by atoms with Crippen molar-refractivity contribution >= 4 is 11.5 Å². The number of aromatic nitrogens is 2. The smallest absolute Gasteiger partial charge is 0.228 e. The fourth-order valence-corrected chi connectivity index (χ4v) is 1.59. The van der Waals surface area contributed by atoms with Gasteiger partial charge < -0.3 is 15.0 Å². The highest BCUT2D eigenvalue weighted by atomic mass is 16.5. The van der Waals surface area contributed by atoms with Crippen molar-refractivity contribution in [3.05, 3.63) is 42.0 Å². The van der Waals surface area contributed by atoms with Gasteiger partial charge in [0.15, 0.2) is 5.82 Å². The molecule has 0 atom stereocenters. The molecule has 1 aromatic heterocycles. The Bertz CT molecular complexity index is 561. The Morgan fingerprint density at radius 3 is 2.76 bits per heavy atom. The molecule has 2 aromatic rings. The van der Waals surface area contributed by atoms with E-state index in [0.717, 1.165) is 0 Å². The average molecular weight is 231 g/mol. The van der Waals surface area contributed by atoms with Crippen LogP contribution in [0.15, 0.2) is 30.6 Å². The lowest BCUT2D eigenvalue weighted by molar-refractivity contribution is 0.102. The van der Waals surface area contributed by atoms with Gasteiger partial charge in [0, 0.05) is 25.0 Å². The first-order valence-corrected chi connectivity index (χ1v) is 5.09. The number of nitrogens with two attached hydrogens (primary N) is 1. The number of imidazole rings is 1. The number of benzene rings is 1. The first-order valence-electron chi connectivity index (χ1n) is 5.09. The third-order valence-electron chi connectivity index (χ3n) is 2.52. The number of carbonyl (C=O) groups is 1. The molecule has 1 heterocycles. The van der Waals surface area contributed by atoms with E-state index in [1.807, 2.05) is 0 Å². The van der Waals surface area contributed by atoms with Crippen molar-refractivity contribution in [2.24, 2.45) is 7.05 Å². The standard InChI is InChI=1S/C12H13N3O2/c1-15-6-5-14-12(15)11(16)8-3-4-10(17-2)9(13)7-8/h3-7H,13H2,1-2H3. The Balaban J connectivity index is 2.39. The first kappa shape index (κ1) is 11.2. The van der Waals surface area contributed by atoms with Gasteiger partial charge in [-0.15, -0.1) is 0 Å². The van der Waals surface area contributed by atoms with Crippen molar-refractivity contribution in [3.8, 4) is 5.75 Å². The fourth-order valence-electron chi connectivity index (χ4n) is 1.59. The lowest BCUT2D eigenvalue weighted by atomic mass is 10.1. The van der Waals surface area contributed by atoms with Crippen molar-refractivity contribution in [2.75, 3.05) is 12.8 Å². The molecule has 0 aliphatic rings. The van der Waals surface area contributed by atoms with Gasteiger partial charge in [-0.25, -0.2) is 4.98 Å². The van der Waals surface area contributed by atoms with Crippen molar-refractivity contribution in [3.63, 3.8) is 0 Å². The molecule has 0 fully saturated rings. The molecule has 88 valence electrons. The topological polar surface area (TPSA) is 70.1 Å². The molecule has 17 heavy (non-hydrogen) atoms. The number of ether oxygens (including phenoxy) is 1. The average Bonchev–Trinajstić information content (AvgIpc) is 2.74. The molecule has 0 aliphatic heterocycles. The predicted octanol–water partition coefficient (Wildman–Crippen LogP) is 1.24. The zero-order valence-corrected chi connectivity index (χ0v) is 9.68. The second kappa shape index (κ2) is 4.29. The molecule has 5 nitrogen and oxygen atoms in total. The number of hydrogen-bond acceptors (Lipinski definition) is 4. The van der Waals surface area contributed by atoms with Crippen molar-refractivity contribution in [1.82, 2.24) is 9.55 Å². The van der Waals surface area contributed by atoms with Crippen LogP contribution >= 0.6 is 0 Å². The summed E-state index contributed by atoms with van der Waals surface area (Å²) in [4.78, 5) is 16.1. The Hall–Kier alpha value is -2.30. The van der Waals surface area contributed by atoms with Gasteiger partial charge in [0.1, 0.15) is 5.75 Å². The van der Waals surface area contributed by atoms with Crippen LogP contribution in [0.1, 0.15) is 16.2 Å². The zero-order chi connectivity index (χ0) is 12.4. The molecule has 0 unspecified atom stereocenters. The normalized spacial score (nSPS) is 10.2. The van der Waals surface area contributed by atoms with E-state index in [4.69, 9.17) is 10.5 Å². The van der Waals surface area contributed by atoms with Crippen LogP contribution in [0.4, 0.5) is 5.69 Å². The SMILES string of the molecule is COc1ccc(C(=O)c2nccn2C)cc1N. The Kier molecular flexibility index (Phi) is 2.82. The quantitative estimate of drug-likeness (QED) is 0.637. The minimum absolute atomic E-state index is 0.160. The van der Waals surface area contributed by atoms with E-state index in [1.54, 1.807) is 42.2 Å². The fraction of sp³-hybridized carbons (Fsp3) is 0.167. The zero-order valence-electron chi connectivity index (χ0n) is 9.68. The molecule has 5 heteroatoms. The van der Waals surface area contributed by atoms with Crippen LogP contribution in [0.25, 0.3) is 0 Å². The molecule has 2 N–H and O–H groups in total. The maximum Gasteiger partial charge on any atom is 0.228 e. The molecular weight excluding hydrogens is 218 g/mol. The first-order chi connectivity index (χ1) is 8.13. The second-order valence-electron chi connectivity index (χ2n) is 3.65. The van der Waals surface area contributed by atoms with Crippen LogP contribution in [0.3, 0.4) is 0 Å². The van der Waals surface area contributed by atoms with E-state index < -0.39 is 0 Å². The van der Waals surface area contributed by atoms with E-state index in [2.05, 4.69) is 4.98 Å². The molecule has 0 amide bonds. The van der Waals surface area contributed by atoms with Gasteiger partial charge in [-0.1, -0.05) is 0 Å². The van der Waals surface area contributed by atoms with Gasteiger partial charge >= 0.3 is 0 Å². The highest BCUT2D eigenvalue weighted by Gasteiger charge is 2.14. The van der Waals surface area contributed by atoms with Crippen LogP contribution in [-0.2, 0) is 7.05 Å². The largest absolute Gasteiger partial charge is 0.495 e. The maximum absolute atomic E-state index is 12.1. The molecule has 0 radical (unpaired) electrons. The number of anilines is 1. The van der Waals surface area contributed by atoms with Gasteiger partial charge in [0.2, 0.25) is 5.78 Å². The summed E-state index contributed by atoms with van der Waals surface area (Å²) in [6, 6.07) is 4.94. The van der Waals surface area contributed by atoms with Gasteiger partial charge in [0.05, 0.1) is 12.8 Å². The molecule has 0 saturated heterocycles. The molecular formula is C12H13N3O2. The number of nitrogens with zero attached hydrogens (tertiary/aromatic N) is 2. The number of methoxy groups -OCH3 is 1. The number of ketones is 1. The van der Waals surface area contributed by atoms with Crippen LogP contribution in [0.5, 0.6) is 5.75 Å². The monoisotopic (exact) mass is 231 g/mol. The molecule has 0 saturated carbocycles. The highest BCUT2D eigenvalue weighted by molar-refractivity contribution is 6.07. The van der Waals surface area contributed by atoms with E-state index in [1.165, 1.54) is 7.11 Å². The summed E-state index contributed by atoms with van der Waals surface area (Å²) >= 11 is 0. The number of carbonyl (C=O) groups excluding carboxylic acids is 1. The van der Waals surface area contributed by atoms with Crippen LogP contribution in [0.2, 0.25) is 0 Å². The van der Waals surface area contributed by atoms with Crippen LogP contribution in [-0.4, -0.2) is 22.4 Å². The second-order valence-corrected chi connectivity index (χ2v) is 3.65. The highest BCUT2D eigenvalue weighted by Crippen LogP contribution is 2.22. The van der Waals surface area contributed by atoms with Gasteiger partial charge in [-0.05, 0) is 18.2 Å². The molecule has 0 spiro atoms. The van der Waals surface area contributed by atoms with Crippen LogP contribution in [0, 0.1) is 0 Å². The Morgan fingerprint density at radius 1 is 1.47 bits per heavy atom.